The maximum Gasteiger partial charge on any atom is 0.220 e. The van der Waals surface area contributed by atoms with Crippen molar-refractivity contribution in [2.75, 3.05) is 46.2 Å². The zero-order valence-electron chi connectivity index (χ0n) is 71.2. The minimum atomic E-state index is -2.27. The molecule has 0 saturated carbocycles. The van der Waals surface area contributed by atoms with Crippen LogP contribution < -0.4 is 16.0 Å². The number of hydrogen-bond donors (Lipinski definition) is 21. The van der Waals surface area contributed by atoms with Crippen LogP contribution in [0.4, 0.5) is 0 Å². The number of rotatable bonds is 60. The van der Waals surface area contributed by atoms with Gasteiger partial charge in [0.15, 0.2) is 37.7 Å². The molecule has 120 heavy (non-hydrogen) atoms. The molecule has 12 unspecified atom stereocenters. The van der Waals surface area contributed by atoms with Gasteiger partial charge in [0.2, 0.25) is 17.7 Å². The minimum absolute atomic E-state index is 0.181. The van der Waals surface area contributed by atoms with Crippen molar-refractivity contribution in [2.45, 2.75) is 455 Å². The summed E-state index contributed by atoms with van der Waals surface area (Å²) in [6.07, 6.45) is -9.26. The van der Waals surface area contributed by atoms with Crippen LogP contribution in [0.15, 0.2) is 12.2 Å². The molecule has 0 bridgehead atoms. The van der Waals surface area contributed by atoms with Gasteiger partial charge in [0, 0.05) is 20.3 Å². The Labute approximate surface area is 707 Å². The second kappa shape index (κ2) is 58.4. The fourth-order valence-corrected chi connectivity index (χ4v) is 16.5. The lowest BCUT2D eigenvalue weighted by molar-refractivity contribution is -0.385. The lowest BCUT2D eigenvalue weighted by atomic mass is 9.93. The van der Waals surface area contributed by atoms with E-state index in [9.17, 15) is 106 Å². The van der Waals surface area contributed by atoms with Crippen molar-refractivity contribution in [3.63, 3.8) is 0 Å². The molecule has 6 rings (SSSR count). The Balaban J connectivity index is 1.04. The molecule has 702 valence electrons. The average Bonchev–Trinajstić information content (AvgIpc) is 0.761. The van der Waals surface area contributed by atoms with Crippen LogP contribution in [0.3, 0.4) is 0 Å². The number of allylic oxidation sites excluding steroid dienone is 1. The highest BCUT2D eigenvalue weighted by Gasteiger charge is 2.59. The van der Waals surface area contributed by atoms with E-state index in [1.807, 2.05) is 6.08 Å². The first-order chi connectivity index (χ1) is 57.8. The number of carbonyl (C=O) groups excluding carboxylic acids is 3. The summed E-state index contributed by atoms with van der Waals surface area (Å²) < 4.78 is 71.1. The number of aliphatic hydroxyl groups excluding tert-OH is 18. The zero-order valence-corrected chi connectivity index (χ0v) is 71.2. The molecule has 21 N–H and O–H groups in total. The number of nitrogens with one attached hydrogen (secondary N) is 3. The Morgan fingerprint density at radius 1 is 0.325 bits per heavy atom. The third kappa shape index (κ3) is 33.9. The summed E-state index contributed by atoms with van der Waals surface area (Å²) in [5.74, 6) is -2.05. The summed E-state index contributed by atoms with van der Waals surface area (Å²) in [4.78, 5) is 39.4. The molecule has 6 aliphatic heterocycles. The molecule has 0 spiro atoms. The Hall–Kier alpha value is -3.05. The van der Waals surface area contributed by atoms with Gasteiger partial charge in [-0.25, -0.2) is 0 Å². The van der Waals surface area contributed by atoms with E-state index in [1.54, 1.807) is 6.08 Å². The van der Waals surface area contributed by atoms with E-state index >= 15 is 0 Å². The SMILES string of the molecule is CCCCCCCCCCCCC/C=C/[C@@H](O)[C@H](CO[C@@H]1OC(CO)[C@@H](O[C@@H]2OC(CO)[C@H](O[C@@H]3OC(CO)[C@H](O)[C@H](O[C@@H]4OC(CO)[C@H](O)[C@H](O[C@@H]5OC(CO)[C@H](O[C@@H]6OC(CO)[C@H](O)[C@H](O)C6O)[C@H](O)C5NC(C)=O)C4O)C3NC(C)=O)[C@H](O)C2O)[C@H](O)C1O)NC(=O)CCCCCCCCCCCCCCCCCCCCCCCCC. The van der Waals surface area contributed by atoms with Crippen molar-refractivity contribution in [3.05, 3.63) is 12.2 Å². The van der Waals surface area contributed by atoms with Crippen LogP contribution in [0.2, 0.25) is 0 Å². The van der Waals surface area contributed by atoms with Crippen molar-refractivity contribution < 1.29 is 163 Å². The number of carbonyl (C=O) groups is 3. The molecule has 0 aromatic heterocycles. The quantitative estimate of drug-likeness (QED) is 0.0294. The monoisotopic (exact) mass is 1730 g/mol. The van der Waals surface area contributed by atoms with Gasteiger partial charge in [0.05, 0.1) is 58.4 Å². The van der Waals surface area contributed by atoms with Crippen LogP contribution in [0.25, 0.3) is 0 Å². The topological polar surface area (TPSA) is 562 Å². The third-order valence-electron chi connectivity index (χ3n) is 23.7. The molecule has 6 heterocycles. The Morgan fingerprint density at radius 2 is 0.633 bits per heavy atom. The van der Waals surface area contributed by atoms with Crippen molar-refractivity contribution in [2.24, 2.45) is 0 Å². The van der Waals surface area contributed by atoms with E-state index in [2.05, 4.69) is 29.8 Å². The highest BCUT2D eigenvalue weighted by atomic mass is 16.8. The first-order valence-corrected chi connectivity index (χ1v) is 45.0. The molecular formula is C84H153N3O33. The molecule has 0 aromatic carbocycles. The Morgan fingerprint density at radius 3 is 1.07 bits per heavy atom. The van der Waals surface area contributed by atoms with Crippen LogP contribution in [-0.2, 0) is 71.2 Å². The summed E-state index contributed by atoms with van der Waals surface area (Å²) in [7, 11) is 0. The summed E-state index contributed by atoms with van der Waals surface area (Å²) in [5.41, 5.74) is 0. The molecule has 0 aromatic rings. The second-order valence-electron chi connectivity index (χ2n) is 33.5. The molecule has 3 amide bonds. The molecular weight excluding hydrogens is 1580 g/mol. The molecule has 6 saturated heterocycles. The van der Waals surface area contributed by atoms with E-state index in [1.165, 1.54) is 161 Å². The van der Waals surface area contributed by atoms with Gasteiger partial charge in [-0.2, -0.15) is 0 Å². The van der Waals surface area contributed by atoms with Crippen LogP contribution in [-0.4, -0.2) is 352 Å². The van der Waals surface area contributed by atoms with E-state index < -0.39 is 254 Å². The maximum absolute atomic E-state index is 13.6. The molecule has 36 heteroatoms. The second-order valence-corrected chi connectivity index (χ2v) is 33.5. The summed E-state index contributed by atoms with van der Waals surface area (Å²) in [6, 6.07) is -4.65. The summed E-state index contributed by atoms with van der Waals surface area (Å²) >= 11 is 0. The zero-order chi connectivity index (χ0) is 87.6. The number of unbranched alkanes of at least 4 members (excludes halogenated alkanes) is 33. The lowest BCUT2D eigenvalue weighted by Crippen LogP contribution is -2.71. The van der Waals surface area contributed by atoms with Gasteiger partial charge in [-0.15, -0.1) is 0 Å². The highest BCUT2D eigenvalue weighted by Crippen LogP contribution is 2.38. The standard InChI is InChI=1S/C84H153N3O33/c1-5-7-9-11-13-15-17-19-20-21-22-23-24-25-26-27-28-30-32-34-36-38-40-42-60(97)87-52(53(96)41-39-37-35-33-31-29-18-16-14-12-10-8-6-2)49-109-81-71(106)68(103)76(58(47-92)114-81)118-83-72(107)69(104)75(59(48-93)115-83)116-80-62(86-51(4)95)77(64(99)55(44-89)110-80)119-84-73(108)78(65(100)56(45-90)112-84)120-79-61(85-50(3)94)66(101)74(57(46-91)113-79)117-82-70(105)67(102)63(98)54(43-88)111-82/h39,41,52-59,61-84,88-93,96,98-108H,5-38,40,42-49H2,1-4H3,(H,85,94)(H,86,95)(H,87,97)/b41-39+/t52-,53+,54?,55?,56?,57?,58?,59?,61?,62?,63-,64-,65-,66+,67-,68+,69+,70?,71?,72?,73?,74-,75-,76+,77+,78-,79-,80-,81+,82-,83-,84-/m0/s1. The van der Waals surface area contributed by atoms with Gasteiger partial charge in [-0.3, -0.25) is 14.4 Å². The van der Waals surface area contributed by atoms with Crippen molar-refractivity contribution in [3.8, 4) is 0 Å². The largest absolute Gasteiger partial charge is 0.394 e. The van der Waals surface area contributed by atoms with Gasteiger partial charge < -0.3 is 165 Å². The van der Waals surface area contributed by atoms with Gasteiger partial charge in [-0.05, 0) is 19.3 Å². The predicted molar refractivity (Wildman–Crippen MR) is 431 cm³/mol. The lowest BCUT2D eigenvalue weighted by Gasteiger charge is -2.51. The highest BCUT2D eigenvalue weighted by molar-refractivity contribution is 5.76. The first kappa shape index (κ1) is 106. The number of ether oxygens (including phenoxy) is 12. The van der Waals surface area contributed by atoms with Crippen molar-refractivity contribution in [1.29, 1.82) is 0 Å². The Bertz CT molecular complexity index is 2740. The van der Waals surface area contributed by atoms with Crippen molar-refractivity contribution >= 4 is 17.7 Å². The number of aliphatic hydroxyl groups is 18. The summed E-state index contributed by atoms with van der Waals surface area (Å²) in [6.45, 7) is 0.114. The van der Waals surface area contributed by atoms with Gasteiger partial charge in [0.1, 0.15) is 146 Å². The van der Waals surface area contributed by atoms with E-state index in [-0.39, 0.29) is 12.3 Å². The van der Waals surface area contributed by atoms with E-state index in [4.69, 9.17) is 56.8 Å². The van der Waals surface area contributed by atoms with Gasteiger partial charge in [-0.1, -0.05) is 231 Å². The maximum atomic E-state index is 13.6. The number of hydrogen-bond acceptors (Lipinski definition) is 33. The fourth-order valence-electron chi connectivity index (χ4n) is 16.5. The molecule has 36 nitrogen and oxygen atoms in total. The fraction of sp³-hybridized carbons (Fsp3) is 0.940. The normalized spacial score (nSPS) is 35.5. The van der Waals surface area contributed by atoms with Crippen LogP contribution >= 0.6 is 0 Å². The average molecular weight is 1730 g/mol. The van der Waals surface area contributed by atoms with Crippen molar-refractivity contribution in [1.82, 2.24) is 16.0 Å². The minimum Gasteiger partial charge on any atom is -0.394 e. The van der Waals surface area contributed by atoms with E-state index in [0.29, 0.717) is 12.8 Å². The molecule has 0 radical (unpaired) electrons. The van der Waals surface area contributed by atoms with Crippen LogP contribution in [0, 0.1) is 0 Å². The molecule has 32 atom stereocenters. The van der Waals surface area contributed by atoms with Gasteiger partial charge in [0.25, 0.3) is 0 Å². The van der Waals surface area contributed by atoms with Crippen LogP contribution in [0.5, 0.6) is 0 Å². The van der Waals surface area contributed by atoms with Crippen LogP contribution in [0.1, 0.15) is 259 Å². The van der Waals surface area contributed by atoms with E-state index in [0.717, 1.165) is 65.2 Å². The number of amides is 3. The first-order valence-electron chi connectivity index (χ1n) is 45.0. The third-order valence-corrected chi connectivity index (χ3v) is 23.7. The van der Waals surface area contributed by atoms with Gasteiger partial charge >= 0.3 is 0 Å². The molecule has 0 aliphatic carbocycles. The molecule has 6 aliphatic rings. The predicted octanol–water partition coefficient (Wildman–Crippen LogP) is 0.697. The smallest absolute Gasteiger partial charge is 0.220 e. The molecule has 6 fully saturated rings. The Kier molecular flexibility index (Phi) is 51.5. The summed E-state index contributed by atoms with van der Waals surface area (Å²) in [5, 5.41) is 208.